The normalized spacial score (nSPS) is 12.8. The monoisotopic (exact) mass is 199 g/mol. The first-order valence-corrected chi connectivity index (χ1v) is 5.60. The van der Waals surface area contributed by atoms with Crippen LogP contribution in [0.3, 0.4) is 0 Å². The van der Waals surface area contributed by atoms with Crippen molar-refractivity contribution in [2.75, 3.05) is 20.3 Å². The highest BCUT2D eigenvalue weighted by atomic mass is 16.5. The maximum atomic E-state index is 5.31. The van der Waals surface area contributed by atoms with Gasteiger partial charge in [-0.3, -0.25) is 0 Å². The molecule has 0 aliphatic carbocycles. The molecule has 0 aliphatic heterocycles. The lowest BCUT2D eigenvalue weighted by atomic mass is 10.0. The Bertz CT molecular complexity index is 145. The van der Waals surface area contributed by atoms with Crippen molar-refractivity contribution in [2.24, 2.45) is 0 Å². The Hall–Kier alpha value is -0.340. The molecule has 2 nitrogen and oxygen atoms in total. The molecule has 0 aliphatic rings. The molecular weight excluding hydrogens is 174 g/mol. The number of hydrogen-bond donors (Lipinski definition) is 1. The number of allylic oxidation sites excluding steroid dienone is 1. The molecule has 0 radical (unpaired) electrons. The predicted molar refractivity (Wildman–Crippen MR) is 62.6 cm³/mol. The van der Waals surface area contributed by atoms with Crippen LogP contribution in [0.15, 0.2) is 12.2 Å². The van der Waals surface area contributed by atoms with Crippen LogP contribution in [0.2, 0.25) is 0 Å². The van der Waals surface area contributed by atoms with Crippen molar-refractivity contribution in [3.8, 4) is 0 Å². The van der Waals surface area contributed by atoms with Gasteiger partial charge in [0, 0.05) is 19.3 Å². The topological polar surface area (TPSA) is 21.3 Å². The molecule has 14 heavy (non-hydrogen) atoms. The van der Waals surface area contributed by atoms with Gasteiger partial charge in [-0.1, -0.05) is 5.57 Å². The van der Waals surface area contributed by atoms with Gasteiger partial charge in [0.2, 0.25) is 0 Å². The Morgan fingerprint density at radius 2 is 2.14 bits per heavy atom. The van der Waals surface area contributed by atoms with E-state index < -0.39 is 0 Å². The summed E-state index contributed by atoms with van der Waals surface area (Å²) in [5, 5.41) is 3.34. The Balaban J connectivity index is 3.42. The number of hydrogen-bond acceptors (Lipinski definition) is 2. The van der Waals surface area contributed by atoms with Gasteiger partial charge in [0.25, 0.3) is 0 Å². The summed E-state index contributed by atoms with van der Waals surface area (Å²) in [5.74, 6) is 0. The van der Waals surface area contributed by atoms with Gasteiger partial charge < -0.3 is 10.1 Å². The van der Waals surface area contributed by atoms with E-state index >= 15 is 0 Å². The van der Waals surface area contributed by atoms with Crippen LogP contribution in [0.5, 0.6) is 0 Å². The summed E-state index contributed by atoms with van der Waals surface area (Å²) in [6, 6.07) is 0.618. The van der Waals surface area contributed by atoms with E-state index in [9.17, 15) is 0 Å². The van der Waals surface area contributed by atoms with Gasteiger partial charge in [-0.2, -0.15) is 0 Å². The second-order valence-corrected chi connectivity index (χ2v) is 3.82. The smallest absolute Gasteiger partial charge is 0.0466 e. The lowest BCUT2D eigenvalue weighted by molar-refractivity contribution is 0.140. The average Bonchev–Trinajstić information content (AvgIpc) is 2.16. The van der Waals surface area contributed by atoms with E-state index in [2.05, 4.69) is 18.8 Å². The molecule has 1 unspecified atom stereocenters. The molecule has 0 bridgehead atoms. The fourth-order valence-electron chi connectivity index (χ4n) is 1.43. The Kier molecular flexibility index (Phi) is 9.00. The number of ether oxygens (including phenoxy) is 1. The third-order valence-corrected chi connectivity index (χ3v) is 2.37. The van der Waals surface area contributed by atoms with Crippen molar-refractivity contribution >= 4 is 0 Å². The van der Waals surface area contributed by atoms with E-state index in [0.29, 0.717) is 6.04 Å². The number of rotatable bonds is 9. The zero-order chi connectivity index (χ0) is 10.8. The van der Waals surface area contributed by atoms with E-state index in [1.54, 1.807) is 0 Å². The zero-order valence-corrected chi connectivity index (χ0v) is 9.94. The molecule has 0 heterocycles. The highest BCUT2D eigenvalue weighted by Crippen LogP contribution is 2.08. The summed E-state index contributed by atoms with van der Waals surface area (Å²) in [5.41, 5.74) is 1.27. The molecule has 2 heteroatoms. The predicted octanol–water partition coefficient (Wildman–Crippen LogP) is 2.75. The van der Waals surface area contributed by atoms with Crippen molar-refractivity contribution in [3.63, 3.8) is 0 Å². The second kappa shape index (κ2) is 9.22. The molecular formula is C12H25NO. The van der Waals surface area contributed by atoms with Crippen LogP contribution in [0.1, 0.15) is 39.5 Å². The molecule has 0 saturated carbocycles. The highest BCUT2D eigenvalue weighted by molar-refractivity contribution is 4.89. The third-order valence-electron chi connectivity index (χ3n) is 2.37. The molecule has 0 aromatic rings. The average molecular weight is 199 g/mol. The maximum Gasteiger partial charge on any atom is 0.0466 e. The van der Waals surface area contributed by atoms with Crippen LogP contribution in [0, 0.1) is 0 Å². The van der Waals surface area contributed by atoms with Gasteiger partial charge in [0.05, 0.1) is 0 Å². The summed E-state index contributed by atoms with van der Waals surface area (Å²) in [4.78, 5) is 0. The Morgan fingerprint density at radius 3 is 2.64 bits per heavy atom. The van der Waals surface area contributed by atoms with Crippen LogP contribution in [0.25, 0.3) is 0 Å². The number of nitrogens with one attached hydrogen (secondary N) is 1. The van der Waals surface area contributed by atoms with Crippen LogP contribution in [0.4, 0.5) is 0 Å². The van der Waals surface area contributed by atoms with Gasteiger partial charge >= 0.3 is 0 Å². The molecule has 0 rings (SSSR count). The fourth-order valence-corrected chi connectivity index (χ4v) is 1.43. The largest absolute Gasteiger partial charge is 0.382 e. The first-order chi connectivity index (χ1) is 6.70. The molecule has 0 fully saturated rings. The van der Waals surface area contributed by atoms with Crippen LogP contribution in [-0.4, -0.2) is 26.3 Å². The van der Waals surface area contributed by atoms with Crippen LogP contribution in [-0.2, 0) is 4.74 Å². The molecule has 0 aromatic heterocycles. The first-order valence-electron chi connectivity index (χ1n) is 5.60. The molecule has 84 valence electrons. The van der Waals surface area contributed by atoms with Crippen LogP contribution >= 0.6 is 0 Å². The van der Waals surface area contributed by atoms with E-state index in [1.807, 2.05) is 14.0 Å². The first kappa shape index (κ1) is 13.7. The molecule has 1 atom stereocenters. The SMILES string of the molecule is C=C(C)CCC(CCCOCC)NC. The van der Waals surface area contributed by atoms with Crippen molar-refractivity contribution in [2.45, 2.75) is 45.6 Å². The summed E-state index contributed by atoms with van der Waals surface area (Å²) in [7, 11) is 2.03. The van der Waals surface area contributed by atoms with E-state index in [4.69, 9.17) is 4.74 Å². The Labute approximate surface area is 88.7 Å². The fraction of sp³-hybridized carbons (Fsp3) is 0.833. The van der Waals surface area contributed by atoms with Crippen molar-refractivity contribution < 1.29 is 4.74 Å². The molecule has 0 spiro atoms. The van der Waals surface area contributed by atoms with Crippen molar-refractivity contribution in [3.05, 3.63) is 12.2 Å². The van der Waals surface area contributed by atoms with Crippen molar-refractivity contribution in [1.82, 2.24) is 5.32 Å². The maximum absolute atomic E-state index is 5.31. The lowest BCUT2D eigenvalue weighted by Gasteiger charge is -2.15. The second-order valence-electron chi connectivity index (χ2n) is 3.82. The van der Waals surface area contributed by atoms with Gasteiger partial charge in [0.1, 0.15) is 0 Å². The standard InChI is InChI=1S/C12H25NO/c1-5-14-10-6-7-12(13-4)9-8-11(2)3/h12-13H,2,5-10H2,1,3-4H3. The lowest BCUT2D eigenvalue weighted by Crippen LogP contribution is -2.25. The highest BCUT2D eigenvalue weighted by Gasteiger charge is 2.04. The van der Waals surface area contributed by atoms with Gasteiger partial charge in [-0.05, 0) is 46.6 Å². The molecule has 0 aromatic carbocycles. The minimum Gasteiger partial charge on any atom is -0.382 e. The van der Waals surface area contributed by atoms with Gasteiger partial charge in [0.15, 0.2) is 0 Å². The zero-order valence-electron chi connectivity index (χ0n) is 9.94. The minimum atomic E-state index is 0.618. The quantitative estimate of drug-likeness (QED) is 0.455. The van der Waals surface area contributed by atoms with E-state index in [1.165, 1.54) is 18.4 Å². The molecule has 1 N–H and O–H groups in total. The summed E-state index contributed by atoms with van der Waals surface area (Å²) < 4.78 is 5.31. The van der Waals surface area contributed by atoms with Gasteiger partial charge in [-0.15, -0.1) is 6.58 Å². The molecule has 0 amide bonds. The molecule has 0 saturated heterocycles. The minimum absolute atomic E-state index is 0.618. The summed E-state index contributed by atoms with van der Waals surface area (Å²) in [6.45, 7) is 9.77. The summed E-state index contributed by atoms with van der Waals surface area (Å²) in [6.07, 6.45) is 4.66. The van der Waals surface area contributed by atoms with Crippen molar-refractivity contribution in [1.29, 1.82) is 0 Å². The Morgan fingerprint density at radius 1 is 1.43 bits per heavy atom. The van der Waals surface area contributed by atoms with Crippen LogP contribution < -0.4 is 5.32 Å². The summed E-state index contributed by atoms with van der Waals surface area (Å²) >= 11 is 0. The third kappa shape index (κ3) is 8.27. The van der Waals surface area contributed by atoms with E-state index in [0.717, 1.165) is 26.1 Å². The van der Waals surface area contributed by atoms with Gasteiger partial charge in [-0.25, -0.2) is 0 Å². The van der Waals surface area contributed by atoms with E-state index in [-0.39, 0.29) is 0 Å².